The minimum atomic E-state index is -4.33. The Morgan fingerprint density at radius 3 is 2.22 bits per heavy atom. The lowest BCUT2D eigenvalue weighted by Gasteiger charge is -2.35. The average Bonchev–Trinajstić information content (AvgIpc) is 2.88. The zero-order valence-corrected chi connectivity index (χ0v) is 20.2. The maximum Gasteiger partial charge on any atom is 0.396 e. The third kappa shape index (κ3) is 5.01. The van der Waals surface area contributed by atoms with Crippen LogP contribution in [0, 0.1) is 0 Å². The normalized spacial score (nSPS) is 18.8. The van der Waals surface area contributed by atoms with Crippen molar-refractivity contribution in [3.8, 4) is 0 Å². The molecule has 0 spiro atoms. The Kier molecular flexibility index (Phi) is 6.57. The largest absolute Gasteiger partial charge is 0.396 e. The number of rotatable bonds is 5. The number of hydrogen-bond donors (Lipinski definition) is 0. The standard InChI is InChI=1S/C26H25F3N4O2S/c27-26(28,29)24-9-12-31-25-6-3-20(18-23(24)25)17-19-1-4-22(5-2-19)36(34,35)33-15-13-32(14-16-33)21-7-10-30-11-8-21/h1-8,10-12,18,24H,9,13-17H2. The molecule has 0 N–H and O–H groups in total. The van der Waals surface area contributed by atoms with Gasteiger partial charge in [0, 0.05) is 50.5 Å². The second kappa shape index (κ2) is 9.67. The first-order valence-electron chi connectivity index (χ1n) is 11.7. The molecule has 0 amide bonds. The van der Waals surface area contributed by atoms with Crippen molar-refractivity contribution in [3.63, 3.8) is 0 Å². The lowest BCUT2D eigenvalue weighted by molar-refractivity contribution is -0.148. The summed E-state index contributed by atoms with van der Waals surface area (Å²) in [7, 11) is -3.64. The number of anilines is 1. The molecule has 0 saturated carbocycles. The zero-order chi connectivity index (χ0) is 25.3. The molecular formula is C26H25F3N4O2S. The van der Waals surface area contributed by atoms with Crippen LogP contribution in [-0.4, -0.2) is 56.3 Å². The molecule has 10 heteroatoms. The SMILES string of the molecule is O=S(=O)(c1ccc(Cc2ccc3c(c2)C(C(F)(F)F)CC=N3)cc1)N1CCN(c2ccncc2)CC1. The molecule has 0 radical (unpaired) electrons. The third-order valence-corrected chi connectivity index (χ3v) is 8.58. The monoisotopic (exact) mass is 514 g/mol. The van der Waals surface area contributed by atoms with E-state index in [4.69, 9.17) is 0 Å². The van der Waals surface area contributed by atoms with Gasteiger partial charge in [-0.3, -0.25) is 9.98 Å². The number of nitrogens with zero attached hydrogens (tertiary/aromatic N) is 4. The average molecular weight is 515 g/mol. The molecule has 2 aliphatic heterocycles. The molecule has 1 aromatic heterocycles. The Bertz CT molecular complexity index is 1350. The Morgan fingerprint density at radius 1 is 0.889 bits per heavy atom. The number of aliphatic imine (C=N–C) groups is 1. The van der Waals surface area contributed by atoms with Crippen molar-refractivity contribution in [2.24, 2.45) is 4.99 Å². The van der Waals surface area contributed by atoms with Gasteiger partial charge in [0.2, 0.25) is 10.0 Å². The van der Waals surface area contributed by atoms with Crippen LogP contribution in [0.5, 0.6) is 0 Å². The topological polar surface area (TPSA) is 65.9 Å². The summed E-state index contributed by atoms with van der Waals surface area (Å²) in [6.45, 7) is 1.93. The van der Waals surface area contributed by atoms with Crippen LogP contribution >= 0.6 is 0 Å². The van der Waals surface area contributed by atoms with Crippen molar-refractivity contribution < 1.29 is 21.6 Å². The van der Waals surface area contributed by atoms with Gasteiger partial charge in [-0.05, 0) is 59.9 Å². The molecule has 1 saturated heterocycles. The summed E-state index contributed by atoms with van der Waals surface area (Å²) in [4.78, 5) is 10.5. The van der Waals surface area contributed by atoms with Gasteiger partial charge in [0.1, 0.15) is 0 Å². The highest BCUT2D eigenvalue weighted by molar-refractivity contribution is 7.89. The molecular weight excluding hydrogens is 489 g/mol. The van der Waals surface area contributed by atoms with E-state index in [0.29, 0.717) is 38.3 Å². The number of benzene rings is 2. The molecule has 3 aromatic rings. The second-order valence-corrected chi connectivity index (χ2v) is 10.9. The number of piperazine rings is 1. The molecule has 3 heterocycles. The van der Waals surface area contributed by atoms with Crippen molar-refractivity contribution in [1.82, 2.24) is 9.29 Å². The van der Waals surface area contributed by atoms with Crippen molar-refractivity contribution >= 4 is 27.6 Å². The van der Waals surface area contributed by atoms with Crippen molar-refractivity contribution in [1.29, 1.82) is 0 Å². The minimum Gasteiger partial charge on any atom is -0.369 e. The van der Waals surface area contributed by atoms with Crippen LogP contribution in [0.15, 0.2) is 76.9 Å². The Morgan fingerprint density at radius 2 is 1.56 bits per heavy atom. The molecule has 1 atom stereocenters. The lowest BCUT2D eigenvalue weighted by Crippen LogP contribution is -2.48. The van der Waals surface area contributed by atoms with Crippen molar-refractivity contribution in [2.75, 3.05) is 31.1 Å². The number of pyridine rings is 1. The number of fused-ring (bicyclic) bond motifs is 1. The Labute approximate surface area is 208 Å². The number of alkyl halides is 3. The lowest BCUT2D eigenvalue weighted by atomic mass is 9.89. The van der Waals surface area contributed by atoms with Crippen LogP contribution in [0.4, 0.5) is 24.5 Å². The predicted octanol–water partition coefficient (Wildman–Crippen LogP) is 4.94. The van der Waals surface area contributed by atoms with Gasteiger partial charge < -0.3 is 4.90 Å². The summed E-state index contributed by atoms with van der Waals surface area (Å²) in [5, 5.41) is 0. The quantitative estimate of drug-likeness (QED) is 0.484. The van der Waals surface area contributed by atoms with Crippen LogP contribution in [0.2, 0.25) is 0 Å². The fourth-order valence-electron chi connectivity index (χ4n) is 4.71. The first kappa shape index (κ1) is 24.5. The summed E-state index contributed by atoms with van der Waals surface area (Å²) in [6, 6.07) is 15.3. The highest BCUT2D eigenvalue weighted by Crippen LogP contribution is 2.43. The summed E-state index contributed by atoms with van der Waals surface area (Å²) in [5.74, 6) is -1.56. The molecule has 36 heavy (non-hydrogen) atoms. The third-order valence-electron chi connectivity index (χ3n) is 6.67. The molecule has 2 aromatic carbocycles. The smallest absolute Gasteiger partial charge is 0.369 e. The number of aromatic nitrogens is 1. The fourth-order valence-corrected chi connectivity index (χ4v) is 6.13. The van der Waals surface area contributed by atoms with Gasteiger partial charge in [0.25, 0.3) is 0 Å². The molecule has 0 bridgehead atoms. The van der Waals surface area contributed by atoms with E-state index in [-0.39, 0.29) is 16.9 Å². The first-order valence-corrected chi connectivity index (χ1v) is 13.1. The molecule has 1 unspecified atom stereocenters. The van der Waals surface area contributed by atoms with Gasteiger partial charge in [0.15, 0.2) is 0 Å². The minimum absolute atomic E-state index is 0.163. The van der Waals surface area contributed by atoms with Gasteiger partial charge in [-0.25, -0.2) is 8.42 Å². The second-order valence-electron chi connectivity index (χ2n) is 8.95. The van der Waals surface area contributed by atoms with E-state index in [1.807, 2.05) is 12.1 Å². The summed E-state index contributed by atoms with van der Waals surface area (Å²) in [6.07, 6.45) is 0.646. The van der Waals surface area contributed by atoms with E-state index in [1.165, 1.54) is 10.5 Å². The molecule has 1 fully saturated rings. The van der Waals surface area contributed by atoms with Gasteiger partial charge in [0.05, 0.1) is 16.5 Å². The maximum absolute atomic E-state index is 13.5. The summed E-state index contributed by atoms with van der Waals surface area (Å²) < 4.78 is 68.2. The number of halogens is 3. The highest BCUT2D eigenvalue weighted by atomic mass is 32.2. The van der Waals surface area contributed by atoms with Crippen LogP contribution in [0.25, 0.3) is 0 Å². The predicted molar refractivity (Wildman–Crippen MR) is 132 cm³/mol. The molecule has 0 aliphatic carbocycles. The molecule has 6 nitrogen and oxygen atoms in total. The van der Waals surface area contributed by atoms with Gasteiger partial charge >= 0.3 is 6.18 Å². The van der Waals surface area contributed by atoms with Crippen LogP contribution < -0.4 is 4.90 Å². The van der Waals surface area contributed by atoms with E-state index in [9.17, 15) is 21.6 Å². The van der Waals surface area contributed by atoms with Gasteiger partial charge in [-0.2, -0.15) is 17.5 Å². The van der Waals surface area contributed by atoms with Crippen molar-refractivity contribution in [2.45, 2.75) is 29.8 Å². The Hall–Kier alpha value is -3.24. The van der Waals surface area contributed by atoms with Crippen LogP contribution in [-0.2, 0) is 16.4 Å². The number of hydrogen-bond acceptors (Lipinski definition) is 5. The molecule has 188 valence electrons. The van der Waals surface area contributed by atoms with Gasteiger partial charge in [-0.15, -0.1) is 0 Å². The number of sulfonamides is 1. The van der Waals surface area contributed by atoms with E-state index in [1.54, 1.807) is 54.9 Å². The van der Waals surface area contributed by atoms with Crippen LogP contribution in [0.1, 0.15) is 29.0 Å². The van der Waals surface area contributed by atoms with E-state index < -0.39 is 22.1 Å². The zero-order valence-electron chi connectivity index (χ0n) is 19.4. The van der Waals surface area contributed by atoms with E-state index in [0.717, 1.165) is 16.8 Å². The van der Waals surface area contributed by atoms with Crippen molar-refractivity contribution in [3.05, 3.63) is 83.7 Å². The maximum atomic E-state index is 13.5. The summed E-state index contributed by atoms with van der Waals surface area (Å²) >= 11 is 0. The van der Waals surface area contributed by atoms with Crippen LogP contribution in [0.3, 0.4) is 0 Å². The molecule has 5 rings (SSSR count). The van der Waals surface area contributed by atoms with E-state index >= 15 is 0 Å². The van der Waals surface area contributed by atoms with E-state index in [2.05, 4.69) is 14.9 Å². The molecule has 2 aliphatic rings. The summed E-state index contributed by atoms with van der Waals surface area (Å²) in [5.41, 5.74) is 3.09. The Balaban J connectivity index is 1.27. The first-order chi connectivity index (χ1) is 17.2. The van der Waals surface area contributed by atoms with Gasteiger partial charge in [-0.1, -0.05) is 24.3 Å². The fraction of sp³-hybridized carbons (Fsp3) is 0.308. The highest BCUT2D eigenvalue weighted by Gasteiger charge is 2.42.